The van der Waals surface area contributed by atoms with Gasteiger partial charge in [-0.05, 0) is 31.2 Å². The number of rotatable bonds is 5. The zero-order valence-electron chi connectivity index (χ0n) is 17.1. The second-order valence-corrected chi connectivity index (χ2v) is 7.44. The summed E-state index contributed by atoms with van der Waals surface area (Å²) < 4.78 is 6.59. The minimum Gasteiger partial charge on any atom is -0.462 e. The van der Waals surface area contributed by atoms with Gasteiger partial charge in [-0.15, -0.1) is 0 Å². The summed E-state index contributed by atoms with van der Waals surface area (Å²) in [5.41, 5.74) is 1.67. The lowest BCUT2D eigenvalue weighted by Crippen LogP contribution is -2.49. The number of hydrogen-bond acceptors (Lipinski definition) is 6. The number of carbonyl (C=O) groups is 2. The van der Waals surface area contributed by atoms with Crippen molar-refractivity contribution in [2.45, 2.75) is 6.92 Å². The molecule has 1 aliphatic heterocycles. The molecule has 0 atom stereocenters. The first kappa shape index (κ1) is 20.9. The van der Waals surface area contributed by atoms with E-state index in [0.29, 0.717) is 48.9 Å². The van der Waals surface area contributed by atoms with Crippen molar-refractivity contribution in [3.63, 3.8) is 0 Å². The molecule has 8 nitrogen and oxygen atoms in total. The second-order valence-electron chi connectivity index (χ2n) is 7.03. The van der Waals surface area contributed by atoms with Crippen LogP contribution in [0.25, 0.3) is 5.69 Å². The molecule has 9 heteroatoms. The number of hydrogen-bond donors (Lipinski definition) is 0. The van der Waals surface area contributed by atoms with Crippen LogP contribution < -0.4 is 4.90 Å². The molecule has 0 N–H and O–H groups in total. The molecular weight excluding hydrogens is 418 g/mol. The number of ether oxygens (including phenoxy) is 1. The van der Waals surface area contributed by atoms with Crippen LogP contribution in [0.3, 0.4) is 0 Å². The van der Waals surface area contributed by atoms with Gasteiger partial charge >= 0.3 is 5.97 Å². The number of pyridine rings is 1. The lowest BCUT2D eigenvalue weighted by molar-refractivity contribution is 0.0525. The standard InChI is InChI=1S/C22H22ClN5O3/c1-2-31-22(30)16-7-8-20(24-13-16)26-9-11-27(12-10-26)21(29)17-14-25-28(15-17)19-6-4-3-5-18(19)23/h3-8,13-15H,2,9-12H2,1H3. The van der Waals surface area contributed by atoms with Crippen molar-refractivity contribution in [3.05, 3.63) is 71.1 Å². The molecule has 160 valence electrons. The molecule has 1 aliphatic rings. The zero-order chi connectivity index (χ0) is 21.8. The normalized spacial score (nSPS) is 13.9. The van der Waals surface area contributed by atoms with Gasteiger partial charge in [-0.1, -0.05) is 23.7 Å². The van der Waals surface area contributed by atoms with Gasteiger partial charge in [0.05, 0.1) is 34.6 Å². The number of piperazine rings is 1. The SMILES string of the molecule is CCOC(=O)c1ccc(N2CCN(C(=O)c3cnn(-c4ccccc4Cl)c3)CC2)nc1. The van der Waals surface area contributed by atoms with Crippen molar-refractivity contribution in [1.29, 1.82) is 0 Å². The number of amides is 1. The molecule has 0 spiro atoms. The molecule has 0 saturated carbocycles. The number of halogens is 1. The zero-order valence-corrected chi connectivity index (χ0v) is 17.8. The summed E-state index contributed by atoms with van der Waals surface area (Å²) in [6.45, 7) is 4.53. The fraction of sp³-hybridized carbons (Fsp3) is 0.273. The Kier molecular flexibility index (Phi) is 6.18. The lowest BCUT2D eigenvalue weighted by atomic mass is 10.2. The van der Waals surface area contributed by atoms with Gasteiger partial charge in [-0.2, -0.15) is 5.10 Å². The van der Waals surface area contributed by atoms with E-state index in [0.717, 1.165) is 11.5 Å². The van der Waals surface area contributed by atoms with Crippen LogP contribution >= 0.6 is 11.6 Å². The monoisotopic (exact) mass is 439 g/mol. The summed E-state index contributed by atoms with van der Waals surface area (Å²) in [4.78, 5) is 32.9. The molecule has 31 heavy (non-hydrogen) atoms. The molecule has 1 aromatic carbocycles. The van der Waals surface area contributed by atoms with Crippen molar-refractivity contribution in [1.82, 2.24) is 19.7 Å². The summed E-state index contributed by atoms with van der Waals surface area (Å²) >= 11 is 6.22. The number of benzene rings is 1. The fourth-order valence-corrected chi connectivity index (χ4v) is 3.65. The van der Waals surface area contributed by atoms with Crippen LogP contribution in [-0.2, 0) is 4.74 Å². The highest BCUT2D eigenvalue weighted by molar-refractivity contribution is 6.32. The van der Waals surface area contributed by atoms with Crippen LogP contribution in [0.4, 0.5) is 5.82 Å². The summed E-state index contributed by atoms with van der Waals surface area (Å²) in [6, 6.07) is 10.9. The first-order valence-electron chi connectivity index (χ1n) is 10.0. The second kappa shape index (κ2) is 9.18. The first-order valence-corrected chi connectivity index (χ1v) is 10.4. The number of esters is 1. The van der Waals surface area contributed by atoms with E-state index in [4.69, 9.17) is 16.3 Å². The number of nitrogens with zero attached hydrogens (tertiary/aromatic N) is 5. The van der Waals surface area contributed by atoms with Crippen LogP contribution in [0.15, 0.2) is 55.0 Å². The minimum atomic E-state index is -0.380. The third-order valence-electron chi connectivity index (χ3n) is 5.08. The van der Waals surface area contributed by atoms with Crippen LogP contribution in [0, 0.1) is 0 Å². The van der Waals surface area contributed by atoms with Gasteiger partial charge in [0.15, 0.2) is 0 Å². The van der Waals surface area contributed by atoms with Crippen LogP contribution in [-0.4, -0.2) is 64.3 Å². The van der Waals surface area contributed by atoms with E-state index in [1.54, 1.807) is 47.1 Å². The molecule has 1 amide bonds. The summed E-state index contributed by atoms with van der Waals surface area (Å²) in [6.07, 6.45) is 4.78. The molecule has 1 fully saturated rings. The van der Waals surface area contributed by atoms with Crippen LogP contribution in [0.1, 0.15) is 27.6 Å². The van der Waals surface area contributed by atoms with Gasteiger partial charge in [0.25, 0.3) is 5.91 Å². The van der Waals surface area contributed by atoms with Gasteiger partial charge < -0.3 is 14.5 Å². The minimum absolute atomic E-state index is 0.0661. The maximum Gasteiger partial charge on any atom is 0.339 e. The quantitative estimate of drug-likeness (QED) is 0.568. The van der Waals surface area contributed by atoms with Gasteiger partial charge in [-0.25, -0.2) is 14.5 Å². The Morgan fingerprint density at radius 3 is 2.48 bits per heavy atom. The van der Waals surface area contributed by atoms with Crippen molar-refractivity contribution in [2.24, 2.45) is 0 Å². The third-order valence-corrected chi connectivity index (χ3v) is 5.40. The average Bonchev–Trinajstić information content (AvgIpc) is 3.29. The van der Waals surface area contributed by atoms with E-state index < -0.39 is 0 Å². The van der Waals surface area contributed by atoms with Crippen LogP contribution in [0.5, 0.6) is 0 Å². The van der Waals surface area contributed by atoms with Crippen molar-refractivity contribution in [3.8, 4) is 5.69 Å². The molecule has 2 aromatic heterocycles. The lowest BCUT2D eigenvalue weighted by Gasteiger charge is -2.35. The predicted molar refractivity (Wildman–Crippen MR) is 117 cm³/mol. The largest absolute Gasteiger partial charge is 0.462 e. The first-order chi connectivity index (χ1) is 15.1. The molecule has 0 bridgehead atoms. The highest BCUT2D eigenvalue weighted by Gasteiger charge is 2.24. The number of anilines is 1. The van der Waals surface area contributed by atoms with E-state index in [1.165, 1.54) is 6.20 Å². The Morgan fingerprint density at radius 2 is 1.81 bits per heavy atom. The highest BCUT2D eigenvalue weighted by Crippen LogP contribution is 2.20. The molecule has 3 heterocycles. The highest BCUT2D eigenvalue weighted by atomic mass is 35.5. The number of para-hydroxylation sites is 1. The molecule has 3 aromatic rings. The molecule has 0 unspecified atom stereocenters. The topological polar surface area (TPSA) is 80.6 Å². The fourth-order valence-electron chi connectivity index (χ4n) is 3.43. The Morgan fingerprint density at radius 1 is 1.03 bits per heavy atom. The smallest absolute Gasteiger partial charge is 0.339 e. The number of carbonyl (C=O) groups excluding carboxylic acids is 2. The van der Waals surface area contributed by atoms with Gasteiger partial charge in [-0.3, -0.25) is 4.79 Å². The molecule has 1 saturated heterocycles. The Labute approximate surface area is 185 Å². The van der Waals surface area contributed by atoms with E-state index in [-0.39, 0.29) is 11.9 Å². The molecule has 0 radical (unpaired) electrons. The van der Waals surface area contributed by atoms with Crippen molar-refractivity contribution < 1.29 is 14.3 Å². The Hall–Kier alpha value is -3.39. The van der Waals surface area contributed by atoms with E-state index in [1.807, 2.05) is 18.2 Å². The molecule has 4 rings (SSSR count). The average molecular weight is 440 g/mol. The Balaban J connectivity index is 1.37. The molecular formula is C22H22ClN5O3. The summed E-state index contributed by atoms with van der Waals surface area (Å²) in [7, 11) is 0. The van der Waals surface area contributed by atoms with Gasteiger partial charge in [0.2, 0.25) is 0 Å². The maximum absolute atomic E-state index is 12.9. The van der Waals surface area contributed by atoms with Crippen molar-refractivity contribution in [2.75, 3.05) is 37.7 Å². The molecule has 0 aliphatic carbocycles. The van der Waals surface area contributed by atoms with Crippen molar-refractivity contribution >= 4 is 29.3 Å². The van der Waals surface area contributed by atoms with E-state index >= 15 is 0 Å². The van der Waals surface area contributed by atoms with Crippen LogP contribution in [0.2, 0.25) is 5.02 Å². The predicted octanol–water partition coefficient (Wildman–Crippen LogP) is 3.06. The Bertz CT molecular complexity index is 1070. The summed E-state index contributed by atoms with van der Waals surface area (Å²) in [5, 5.41) is 4.86. The summed E-state index contributed by atoms with van der Waals surface area (Å²) in [5.74, 6) is 0.324. The van der Waals surface area contributed by atoms with E-state index in [9.17, 15) is 9.59 Å². The van der Waals surface area contributed by atoms with Gasteiger partial charge in [0.1, 0.15) is 5.82 Å². The van der Waals surface area contributed by atoms with E-state index in [2.05, 4.69) is 15.0 Å². The third kappa shape index (κ3) is 4.54. The number of aromatic nitrogens is 3. The van der Waals surface area contributed by atoms with Gasteiger partial charge in [0, 0.05) is 38.6 Å². The maximum atomic E-state index is 12.9.